The maximum atomic E-state index is 10.7. The van der Waals surface area contributed by atoms with Gasteiger partial charge in [0.2, 0.25) is 5.88 Å². The van der Waals surface area contributed by atoms with Crippen molar-refractivity contribution in [3.8, 4) is 17.3 Å². The summed E-state index contributed by atoms with van der Waals surface area (Å²) in [6, 6.07) is 4.27. The molecule has 0 spiro atoms. The first-order valence-electron chi connectivity index (χ1n) is 6.46. The molecule has 9 heteroatoms. The van der Waals surface area contributed by atoms with Gasteiger partial charge in [-0.3, -0.25) is 10.1 Å². The third-order valence-corrected chi connectivity index (χ3v) is 2.41. The predicted molar refractivity (Wildman–Crippen MR) is 79.4 cm³/mol. The third kappa shape index (κ3) is 3.78. The van der Waals surface area contributed by atoms with E-state index in [4.69, 9.17) is 9.15 Å². The second-order valence-electron chi connectivity index (χ2n) is 4.43. The molecule has 9 nitrogen and oxygen atoms in total. The van der Waals surface area contributed by atoms with Crippen molar-refractivity contribution in [2.75, 3.05) is 20.7 Å². The molecule has 0 unspecified atom stereocenters. The summed E-state index contributed by atoms with van der Waals surface area (Å²) in [6.45, 7) is 2.24. The third-order valence-electron chi connectivity index (χ3n) is 2.41. The van der Waals surface area contributed by atoms with Gasteiger partial charge in [0, 0.05) is 20.2 Å². The number of aromatic nitrogens is 2. The van der Waals surface area contributed by atoms with Gasteiger partial charge in [-0.05, 0) is 13.0 Å². The molecule has 2 aromatic heterocycles. The van der Waals surface area contributed by atoms with Gasteiger partial charge in [-0.2, -0.15) is 4.98 Å². The van der Waals surface area contributed by atoms with Gasteiger partial charge in [-0.15, -0.1) is 0 Å². The molecular formula is C13H15N5O4. The molecule has 22 heavy (non-hydrogen) atoms. The monoisotopic (exact) mass is 305 g/mol. The lowest BCUT2D eigenvalue weighted by Crippen LogP contribution is -2.07. The number of nitrogens with zero attached hydrogens (tertiary/aromatic N) is 5. The molecule has 116 valence electrons. The zero-order valence-electron chi connectivity index (χ0n) is 12.4. The minimum atomic E-state index is -0.612. The van der Waals surface area contributed by atoms with Crippen LogP contribution in [0.1, 0.15) is 6.92 Å². The highest BCUT2D eigenvalue weighted by Gasteiger charge is 2.16. The fraction of sp³-hybridized carbons (Fsp3) is 0.308. The maximum Gasteiger partial charge on any atom is 0.433 e. The van der Waals surface area contributed by atoms with E-state index in [9.17, 15) is 10.1 Å². The van der Waals surface area contributed by atoms with E-state index in [2.05, 4.69) is 15.0 Å². The molecule has 0 aliphatic rings. The standard InChI is InChI=1S/C13H15N5O4/c1-4-21-11-7-9(10-5-6-12(22-10)18(19)20)15-13(16-11)14-8-17(2)3/h5-8H,4H2,1-3H3. The summed E-state index contributed by atoms with van der Waals surface area (Å²) in [6.07, 6.45) is 1.54. The zero-order chi connectivity index (χ0) is 16.1. The number of aliphatic imine (C=N–C) groups is 1. The Morgan fingerprint density at radius 3 is 2.82 bits per heavy atom. The van der Waals surface area contributed by atoms with Gasteiger partial charge < -0.3 is 14.1 Å². The molecule has 0 saturated heterocycles. The highest BCUT2D eigenvalue weighted by atomic mass is 16.6. The molecule has 0 fully saturated rings. The fourth-order valence-corrected chi connectivity index (χ4v) is 1.55. The fourth-order valence-electron chi connectivity index (χ4n) is 1.55. The summed E-state index contributed by atoms with van der Waals surface area (Å²) in [7, 11) is 3.62. The van der Waals surface area contributed by atoms with Gasteiger partial charge in [0.15, 0.2) is 5.76 Å². The van der Waals surface area contributed by atoms with E-state index in [-0.39, 0.29) is 17.6 Å². The Hall–Kier alpha value is -2.97. The van der Waals surface area contributed by atoms with Crippen LogP contribution in [0, 0.1) is 10.1 Å². The quantitative estimate of drug-likeness (QED) is 0.348. The molecular weight excluding hydrogens is 290 g/mol. The van der Waals surface area contributed by atoms with Crippen molar-refractivity contribution < 1.29 is 14.1 Å². The summed E-state index contributed by atoms with van der Waals surface area (Å²) >= 11 is 0. The highest BCUT2D eigenvalue weighted by molar-refractivity contribution is 5.61. The van der Waals surface area contributed by atoms with Gasteiger partial charge in [0.25, 0.3) is 5.95 Å². The van der Waals surface area contributed by atoms with Crippen molar-refractivity contribution in [3.05, 3.63) is 28.3 Å². The molecule has 0 atom stereocenters. The van der Waals surface area contributed by atoms with Crippen molar-refractivity contribution in [1.82, 2.24) is 14.9 Å². The summed E-state index contributed by atoms with van der Waals surface area (Å²) in [5, 5.41) is 10.7. The van der Waals surface area contributed by atoms with Crippen LogP contribution in [0.4, 0.5) is 11.8 Å². The Balaban J connectivity index is 2.42. The van der Waals surface area contributed by atoms with Crippen molar-refractivity contribution in [3.63, 3.8) is 0 Å². The Morgan fingerprint density at radius 2 is 2.23 bits per heavy atom. The minimum Gasteiger partial charge on any atom is -0.478 e. The molecule has 0 radical (unpaired) electrons. The van der Waals surface area contributed by atoms with Gasteiger partial charge in [0.1, 0.15) is 10.6 Å². The van der Waals surface area contributed by atoms with Crippen LogP contribution in [0.3, 0.4) is 0 Å². The average Bonchev–Trinajstić information content (AvgIpc) is 2.95. The van der Waals surface area contributed by atoms with Crippen LogP contribution in [0.15, 0.2) is 27.6 Å². The van der Waals surface area contributed by atoms with Crippen LogP contribution in [0.25, 0.3) is 11.5 Å². The van der Waals surface area contributed by atoms with E-state index >= 15 is 0 Å². The number of hydrogen-bond donors (Lipinski definition) is 0. The second-order valence-corrected chi connectivity index (χ2v) is 4.43. The molecule has 2 rings (SSSR count). The summed E-state index contributed by atoms with van der Waals surface area (Å²) < 4.78 is 10.5. The second kappa shape index (κ2) is 6.66. The lowest BCUT2D eigenvalue weighted by molar-refractivity contribution is -0.401. The van der Waals surface area contributed by atoms with Crippen LogP contribution in [0.2, 0.25) is 0 Å². The normalized spacial score (nSPS) is 10.9. The molecule has 0 aliphatic heterocycles. The Morgan fingerprint density at radius 1 is 1.45 bits per heavy atom. The maximum absolute atomic E-state index is 10.7. The Bertz CT molecular complexity index is 695. The van der Waals surface area contributed by atoms with Gasteiger partial charge in [-0.25, -0.2) is 9.98 Å². The van der Waals surface area contributed by atoms with Crippen molar-refractivity contribution >= 4 is 18.2 Å². The number of furan rings is 1. The molecule has 0 amide bonds. The van der Waals surface area contributed by atoms with Crippen LogP contribution in [0.5, 0.6) is 5.88 Å². The van der Waals surface area contributed by atoms with Crippen LogP contribution in [-0.2, 0) is 0 Å². The van der Waals surface area contributed by atoms with Crippen molar-refractivity contribution in [2.45, 2.75) is 6.92 Å². The predicted octanol–water partition coefficient (Wildman–Crippen LogP) is 2.26. The average molecular weight is 305 g/mol. The molecule has 0 bridgehead atoms. The van der Waals surface area contributed by atoms with E-state index in [1.165, 1.54) is 12.1 Å². The van der Waals surface area contributed by atoms with E-state index < -0.39 is 4.92 Å². The van der Waals surface area contributed by atoms with E-state index in [1.807, 2.05) is 21.0 Å². The van der Waals surface area contributed by atoms with Gasteiger partial charge >= 0.3 is 5.88 Å². The smallest absolute Gasteiger partial charge is 0.433 e. The van der Waals surface area contributed by atoms with E-state index in [1.54, 1.807) is 17.3 Å². The summed E-state index contributed by atoms with van der Waals surface area (Å²) in [5.74, 6) is 0.382. The first-order valence-corrected chi connectivity index (χ1v) is 6.46. The Kier molecular flexibility index (Phi) is 4.66. The van der Waals surface area contributed by atoms with Gasteiger partial charge in [-0.1, -0.05) is 0 Å². The minimum absolute atomic E-state index is 0.175. The van der Waals surface area contributed by atoms with Crippen LogP contribution < -0.4 is 4.74 Å². The Labute approximate surface area is 126 Å². The van der Waals surface area contributed by atoms with E-state index in [0.29, 0.717) is 18.2 Å². The molecule has 2 aromatic rings. The summed E-state index contributed by atoms with van der Waals surface area (Å²) in [4.78, 5) is 24.2. The number of hydrogen-bond acceptors (Lipinski definition) is 7. The lowest BCUT2D eigenvalue weighted by Gasteiger charge is -2.05. The molecule has 0 aliphatic carbocycles. The molecule has 0 N–H and O–H groups in total. The SMILES string of the molecule is CCOc1cc(-c2ccc([N+](=O)[O-])o2)nc(N=CN(C)C)n1. The molecule has 0 aromatic carbocycles. The first-order chi connectivity index (χ1) is 10.5. The number of ether oxygens (including phenoxy) is 1. The van der Waals surface area contributed by atoms with Crippen molar-refractivity contribution in [2.24, 2.45) is 4.99 Å². The van der Waals surface area contributed by atoms with E-state index in [0.717, 1.165) is 0 Å². The van der Waals surface area contributed by atoms with Crippen LogP contribution >= 0.6 is 0 Å². The number of rotatable bonds is 6. The summed E-state index contributed by atoms with van der Waals surface area (Å²) in [5.41, 5.74) is 0.359. The highest BCUT2D eigenvalue weighted by Crippen LogP contribution is 2.28. The van der Waals surface area contributed by atoms with Crippen molar-refractivity contribution in [1.29, 1.82) is 0 Å². The molecule has 2 heterocycles. The van der Waals surface area contributed by atoms with Gasteiger partial charge in [0.05, 0.1) is 19.0 Å². The number of nitro groups is 1. The van der Waals surface area contributed by atoms with Crippen LogP contribution in [-0.4, -0.2) is 46.8 Å². The zero-order valence-corrected chi connectivity index (χ0v) is 12.4. The lowest BCUT2D eigenvalue weighted by atomic mass is 10.3. The largest absolute Gasteiger partial charge is 0.478 e. The topological polar surface area (TPSA) is 107 Å². The first kappa shape index (κ1) is 15.4. The molecule has 0 saturated carbocycles.